The Kier molecular flexibility index (Phi) is 5.79. The molecule has 0 saturated carbocycles. The molecule has 0 radical (unpaired) electrons. The standard InChI is InChI=1S/C12H16O5/c13-6-10(14)12(16)11(15)8-17-7-9-4-2-1-3-5-9/h1-6,10-12,14-16H,7-8H2/t10-,11+,12-/m0/s1. The van der Waals surface area contributed by atoms with Crippen LogP contribution in [0.2, 0.25) is 0 Å². The minimum Gasteiger partial charge on any atom is -0.388 e. The van der Waals surface area contributed by atoms with Crippen molar-refractivity contribution in [2.24, 2.45) is 0 Å². The molecule has 17 heavy (non-hydrogen) atoms. The lowest BCUT2D eigenvalue weighted by Gasteiger charge is -2.19. The van der Waals surface area contributed by atoms with Gasteiger partial charge in [-0.2, -0.15) is 0 Å². The van der Waals surface area contributed by atoms with E-state index in [4.69, 9.17) is 9.84 Å². The zero-order valence-corrected chi connectivity index (χ0v) is 9.27. The Balaban J connectivity index is 2.29. The summed E-state index contributed by atoms with van der Waals surface area (Å²) < 4.78 is 5.16. The maximum Gasteiger partial charge on any atom is 0.151 e. The van der Waals surface area contributed by atoms with E-state index >= 15 is 0 Å². The quantitative estimate of drug-likeness (QED) is 0.558. The molecule has 0 unspecified atom stereocenters. The van der Waals surface area contributed by atoms with E-state index in [0.29, 0.717) is 6.61 Å². The molecule has 1 aromatic rings. The van der Waals surface area contributed by atoms with Gasteiger partial charge in [0.15, 0.2) is 6.29 Å². The molecule has 0 aliphatic carbocycles. The number of benzene rings is 1. The highest BCUT2D eigenvalue weighted by molar-refractivity contribution is 5.56. The molecule has 0 aliphatic rings. The van der Waals surface area contributed by atoms with E-state index in [1.165, 1.54) is 0 Å². The lowest BCUT2D eigenvalue weighted by Crippen LogP contribution is -2.40. The van der Waals surface area contributed by atoms with Crippen molar-refractivity contribution in [1.29, 1.82) is 0 Å². The van der Waals surface area contributed by atoms with E-state index < -0.39 is 18.3 Å². The Bertz CT molecular complexity index is 327. The van der Waals surface area contributed by atoms with Crippen molar-refractivity contribution in [3.05, 3.63) is 35.9 Å². The highest BCUT2D eigenvalue weighted by Crippen LogP contribution is 2.03. The fourth-order valence-electron chi connectivity index (χ4n) is 1.28. The number of aliphatic hydroxyl groups excluding tert-OH is 3. The first kappa shape index (κ1) is 13.8. The van der Waals surface area contributed by atoms with E-state index in [1.54, 1.807) is 0 Å². The summed E-state index contributed by atoms with van der Waals surface area (Å²) in [4.78, 5) is 10.2. The van der Waals surface area contributed by atoms with Crippen LogP contribution in [0.1, 0.15) is 5.56 Å². The Morgan fingerprint density at radius 2 is 1.82 bits per heavy atom. The van der Waals surface area contributed by atoms with Crippen molar-refractivity contribution in [2.45, 2.75) is 24.9 Å². The molecule has 1 aromatic carbocycles. The SMILES string of the molecule is O=C[C@H](O)[C@H](O)[C@H](O)COCc1ccccc1. The van der Waals surface area contributed by atoms with Crippen LogP contribution in [0, 0.1) is 0 Å². The molecule has 3 atom stereocenters. The van der Waals surface area contributed by atoms with E-state index in [-0.39, 0.29) is 12.9 Å². The van der Waals surface area contributed by atoms with Gasteiger partial charge in [0.25, 0.3) is 0 Å². The molecule has 0 fully saturated rings. The number of aliphatic hydroxyl groups is 3. The van der Waals surface area contributed by atoms with Crippen LogP contribution in [0.5, 0.6) is 0 Å². The lowest BCUT2D eigenvalue weighted by molar-refractivity contribution is -0.129. The van der Waals surface area contributed by atoms with Gasteiger partial charge in [-0.3, -0.25) is 0 Å². The Morgan fingerprint density at radius 3 is 2.41 bits per heavy atom. The lowest BCUT2D eigenvalue weighted by atomic mass is 10.1. The van der Waals surface area contributed by atoms with E-state index in [2.05, 4.69) is 0 Å². The first-order valence-corrected chi connectivity index (χ1v) is 5.26. The summed E-state index contributed by atoms with van der Waals surface area (Å²) in [7, 11) is 0. The van der Waals surface area contributed by atoms with Crippen LogP contribution >= 0.6 is 0 Å². The van der Waals surface area contributed by atoms with Gasteiger partial charge < -0.3 is 24.9 Å². The average molecular weight is 240 g/mol. The highest BCUT2D eigenvalue weighted by Gasteiger charge is 2.24. The summed E-state index contributed by atoms with van der Waals surface area (Å²) in [6.45, 7) is 0.142. The maximum atomic E-state index is 10.2. The molecule has 0 aromatic heterocycles. The van der Waals surface area contributed by atoms with Gasteiger partial charge in [-0.25, -0.2) is 0 Å². The van der Waals surface area contributed by atoms with Gasteiger partial charge >= 0.3 is 0 Å². The fraction of sp³-hybridized carbons (Fsp3) is 0.417. The van der Waals surface area contributed by atoms with Crippen LogP contribution in [0.25, 0.3) is 0 Å². The van der Waals surface area contributed by atoms with Gasteiger partial charge in [0.1, 0.15) is 18.3 Å². The molecule has 0 spiro atoms. The van der Waals surface area contributed by atoms with Gasteiger partial charge in [-0.1, -0.05) is 30.3 Å². The van der Waals surface area contributed by atoms with Crippen molar-refractivity contribution in [3.63, 3.8) is 0 Å². The summed E-state index contributed by atoms with van der Waals surface area (Å²) in [6.07, 6.45) is -4.24. The second kappa shape index (κ2) is 7.13. The predicted octanol–water partition coefficient (Wildman–Crippen LogP) is -0.515. The van der Waals surface area contributed by atoms with Crippen molar-refractivity contribution < 1.29 is 24.9 Å². The predicted molar refractivity (Wildman–Crippen MR) is 60.2 cm³/mol. The van der Waals surface area contributed by atoms with Crippen molar-refractivity contribution in [1.82, 2.24) is 0 Å². The number of hydrogen-bond acceptors (Lipinski definition) is 5. The molecule has 94 valence electrons. The van der Waals surface area contributed by atoms with Crippen LogP contribution < -0.4 is 0 Å². The number of ether oxygens (including phenoxy) is 1. The van der Waals surface area contributed by atoms with Crippen LogP contribution in [-0.4, -0.2) is 46.5 Å². The fourth-order valence-corrected chi connectivity index (χ4v) is 1.28. The van der Waals surface area contributed by atoms with Gasteiger partial charge in [-0.15, -0.1) is 0 Å². The molecule has 1 rings (SSSR count). The average Bonchev–Trinajstić information content (AvgIpc) is 2.38. The molecule has 0 saturated heterocycles. The van der Waals surface area contributed by atoms with Gasteiger partial charge in [0.05, 0.1) is 13.2 Å². The number of hydrogen-bond donors (Lipinski definition) is 3. The third kappa shape index (κ3) is 4.62. The zero-order chi connectivity index (χ0) is 12.7. The first-order valence-electron chi connectivity index (χ1n) is 5.26. The second-order valence-electron chi connectivity index (χ2n) is 3.69. The molecule has 0 heterocycles. The molecule has 5 nitrogen and oxygen atoms in total. The smallest absolute Gasteiger partial charge is 0.151 e. The van der Waals surface area contributed by atoms with E-state index in [1.807, 2.05) is 30.3 Å². The van der Waals surface area contributed by atoms with Crippen LogP contribution in [-0.2, 0) is 16.1 Å². The number of carbonyl (C=O) groups is 1. The van der Waals surface area contributed by atoms with Gasteiger partial charge in [0, 0.05) is 0 Å². The maximum absolute atomic E-state index is 10.2. The molecule has 0 bridgehead atoms. The van der Waals surface area contributed by atoms with E-state index in [9.17, 15) is 15.0 Å². The second-order valence-corrected chi connectivity index (χ2v) is 3.69. The Hall–Kier alpha value is -1.27. The van der Waals surface area contributed by atoms with E-state index in [0.717, 1.165) is 5.56 Å². The number of aldehydes is 1. The minimum atomic E-state index is -1.59. The van der Waals surface area contributed by atoms with Crippen LogP contribution in [0.3, 0.4) is 0 Å². The normalized spacial score (nSPS) is 16.2. The molecular formula is C12H16O5. The minimum absolute atomic E-state index is 0.152. The summed E-state index contributed by atoms with van der Waals surface area (Å²) in [5.74, 6) is 0. The Labute approximate surface area is 99.3 Å². The number of rotatable bonds is 7. The highest BCUT2D eigenvalue weighted by atomic mass is 16.5. The first-order chi connectivity index (χ1) is 8.15. The molecule has 3 N–H and O–H groups in total. The Morgan fingerprint density at radius 1 is 1.18 bits per heavy atom. The van der Waals surface area contributed by atoms with Crippen molar-refractivity contribution in [2.75, 3.05) is 6.61 Å². The van der Waals surface area contributed by atoms with Crippen molar-refractivity contribution in [3.8, 4) is 0 Å². The van der Waals surface area contributed by atoms with Gasteiger partial charge in [0.2, 0.25) is 0 Å². The summed E-state index contributed by atoms with van der Waals surface area (Å²) in [5.41, 5.74) is 0.935. The van der Waals surface area contributed by atoms with Crippen molar-refractivity contribution >= 4 is 6.29 Å². The topological polar surface area (TPSA) is 87.0 Å². The third-order valence-electron chi connectivity index (χ3n) is 2.28. The molecule has 5 heteroatoms. The van der Waals surface area contributed by atoms with Crippen LogP contribution in [0.4, 0.5) is 0 Å². The summed E-state index contributed by atoms with van der Waals surface area (Å²) in [6, 6.07) is 9.33. The zero-order valence-electron chi connectivity index (χ0n) is 9.27. The molecule has 0 aliphatic heterocycles. The monoisotopic (exact) mass is 240 g/mol. The number of carbonyl (C=O) groups excluding carboxylic acids is 1. The molecule has 0 amide bonds. The summed E-state index contributed by atoms with van der Waals surface area (Å²) >= 11 is 0. The molecular weight excluding hydrogens is 224 g/mol. The third-order valence-corrected chi connectivity index (χ3v) is 2.28. The summed E-state index contributed by atoms with van der Waals surface area (Å²) in [5, 5.41) is 27.7. The van der Waals surface area contributed by atoms with Crippen LogP contribution in [0.15, 0.2) is 30.3 Å². The largest absolute Gasteiger partial charge is 0.388 e. The van der Waals surface area contributed by atoms with Gasteiger partial charge in [-0.05, 0) is 5.56 Å².